The Morgan fingerprint density at radius 2 is 1.68 bits per heavy atom. The predicted molar refractivity (Wildman–Crippen MR) is 158 cm³/mol. The first-order chi connectivity index (χ1) is 21.2. The molecule has 14 nitrogen and oxygen atoms in total. The Bertz CT molecular complexity index is 1650. The van der Waals surface area contributed by atoms with Gasteiger partial charge in [-0.2, -0.15) is 4.98 Å². The number of benzene rings is 2. The van der Waals surface area contributed by atoms with Gasteiger partial charge in [0, 0.05) is 36.7 Å². The van der Waals surface area contributed by atoms with Crippen LogP contribution in [0.3, 0.4) is 0 Å². The summed E-state index contributed by atoms with van der Waals surface area (Å²) in [6.07, 6.45) is 2.58. The number of urea groups is 1. The van der Waals surface area contributed by atoms with Crippen LogP contribution in [-0.2, 0) is 14.4 Å². The number of nitrogens with one attached hydrogen (secondary N) is 6. The van der Waals surface area contributed by atoms with Crippen molar-refractivity contribution < 1.29 is 28.3 Å². The zero-order valence-electron chi connectivity index (χ0n) is 23.7. The Labute approximate surface area is 251 Å². The fraction of sp³-hybridized carbons (Fsp3) is 0.310. The highest BCUT2D eigenvalue weighted by atomic mass is 19.1. The summed E-state index contributed by atoms with van der Waals surface area (Å²) in [5, 5.41) is 16.9. The van der Waals surface area contributed by atoms with Crippen molar-refractivity contribution in [3.05, 3.63) is 54.5 Å². The molecule has 15 heteroatoms. The first kappa shape index (κ1) is 28.6. The Balaban J connectivity index is 1.29. The number of aromatic nitrogens is 2. The fourth-order valence-corrected chi connectivity index (χ4v) is 5.17. The van der Waals surface area contributed by atoms with Crippen LogP contribution in [0.1, 0.15) is 26.2 Å². The minimum absolute atomic E-state index is 0.0792. The fourth-order valence-electron chi connectivity index (χ4n) is 5.17. The average Bonchev–Trinajstić information content (AvgIpc) is 3.50. The number of nitrogens with zero attached hydrogens (tertiary/aromatic N) is 3. The van der Waals surface area contributed by atoms with E-state index in [9.17, 15) is 23.6 Å². The van der Waals surface area contributed by atoms with Gasteiger partial charge in [-0.15, -0.1) is 0 Å². The molecule has 1 fully saturated rings. The van der Waals surface area contributed by atoms with E-state index in [0.717, 1.165) is 6.20 Å². The summed E-state index contributed by atoms with van der Waals surface area (Å²) >= 11 is 0. The molecule has 0 saturated carbocycles. The van der Waals surface area contributed by atoms with E-state index in [1.807, 2.05) is 0 Å². The van der Waals surface area contributed by atoms with Gasteiger partial charge in [-0.3, -0.25) is 14.4 Å². The van der Waals surface area contributed by atoms with Crippen molar-refractivity contribution in [1.29, 1.82) is 0 Å². The van der Waals surface area contributed by atoms with Crippen molar-refractivity contribution >= 4 is 58.3 Å². The van der Waals surface area contributed by atoms with Gasteiger partial charge in [0.2, 0.25) is 11.9 Å². The second kappa shape index (κ2) is 11.7. The number of halogens is 1. The summed E-state index contributed by atoms with van der Waals surface area (Å²) in [5.74, 6) is -2.15. The van der Waals surface area contributed by atoms with Gasteiger partial charge in [-0.05, 0) is 62.6 Å². The second-order valence-corrected chi connectivity index (χ2v) is 10.7. The molecule has 8 bridgehead atoms. The van der Waals surface area contributed by atoms with Gasteiger partial charge < -0.3 is 41.5 Å². The molecule has 0 aliphatic carbocycles. The van der Waals surface area contributed by atoms with Crippen molar-refractivity contribution in [2.24, 2.45) is 0 Å². The van der Waals surface area contributed by atoms with Crippen molar-refractivity contribution in [2.75, 3.05) is 40.9 Å². The Morgan fingerprint density at radius 3 is 2.52 bits per heavy atom. The van der Waals surface area contributed by atoms with Crippen LogP contribution in [0.25, 0.3) is 0 Å². The minimum Gasteiger partial charge on any atom is -0.466 e. The number of amides is 5. The van der Waals surface area contributed by atoms with Crippen LogP contribution in [0.4, 0.5) is 43.7 Å². The molecule has 5 amide bonds. The maximum absolute atomic E-state index is 14.7. The summed E-state index contributed by atoms with van der Waals surface area (Å²) in [6.45, 7) is 2.21. The predicted octanol–water partition coefficient (Wildman–Crippen LogP) is 2.82. The van der Waals surface area contributed by atoms with Crippen molar-refractivity contribution in [3.8, 4) is 5.75 Å². The Kier molecular flexibility index (Phi) is 7.59. The van der Waals surface area contributed by atoms with Gasteiger partial charge in [0.1, 0.15) is 11.8 Å². The average molecular weight is 604 g/mol. The molecule has 1 saturated heterocycles. The Morgan fingerprint density at radius 1 is 0.909 bits per heavy atom. The second-order valence-electron chi connectivity index (χ2n) is 10.7. The van der Waals surface area contributed by atoms with E-state index in [-0.39, 0.29) is 42.2 Å². The van der Waals surface area contributed by atoms with Crippen molar-refractivity contribution in [3.63, 3.8) is 0 Å². The van der Waals surface area contributed by atoms with Gasteiger partial charge in [-0.25, -0.2) is 14.2 Å². The van der Waals surface area contributed by atoms with Crippen LogP contribution in [0.5, 0.6) is 5.75 Å². The van der Waals surface area contributed by atoms with E-state index >= 15 is 0 Å². The van der Waals surface area contributed by atoms with Gasteiger partial charge in [0.05, 0.1) is 11.9 Å². The molecule has 7 rings (SSSR count). The van der Waals surface area contributed by atoms with Gasteiger partial charge >= 0.3 is 6.03 Å². The van der Waals surface area contributed by atoms with Crippen LogP contribution < -0.4 is 36.6 Å². The lowest BCUT2D eigenvalue weighted by Crippen LogP contribution is -2.59. The number of carbonyl (C=O) groups is 4. The molecule has 44 heavy (non-hydrogen) atoms. The SMILES string of the molecule is CC12Oc3ccc(cc3NC1=O)Nc1nc(ncc1F)Nc1cccc(c1)NC(=O)N1CCC[C@@H]1C(=O)NCCCNC2=O. The Hall–Kier alpha value is -5.47. The monoisotopic (exact) mass is 603 g/mol. The molecule has 0 radical (unpaired) electrons. The zero-order chi connectivity index (χ0) is 30.8. The largest absolute Gasteiger partial charge is 0.466 e. The van der Waals surface area contributed by atoms with Crippen LogP contribution in [0, 0.1) is 5.82 Å². The minimum atomic E-state index is -1.84. The van der Waals surface area contributed by atoms with Gasteiger partial charge in [0.25, 0.3) is 17.4 Å². The van der Waals surface area contributed by atoms with Crippen LogP contribution in [0.15, 0.2) is 48.7 Å². The zero-order valence-corrected chi connectivity index (χ0v) is 23.7. The molecule has 1 aromatic heterocycles. The molecule has 228 valence electrons. The highest BCUT2D eigenvalue weighted by molar-refractivity contribution is 6.15. The molecule has 1 unspecified atom stereocenters. The van der Waals surface area contributed by atoms with E-state index in [1.54, 1.807) is 36.4 Å². The molecule has 4 aliphatic rings. The third-order valence-electron chi connectivity index (χ3n) is 7.54. The highest BCUT2D eigenvalue weighted by Crippen LogP contribution is 2.36. The number of hydrogen-bond donors (Lipinski definition) is 6. The molecule has 2 atom stereocenters. The molecule has 4 aliphatic heterocycles. The number of rotatable bonds is 0. The molecule has 0 spiro atoms. The number of anilines is 6. The number of hydrogen-bond acceptors (Lipinski definition) is 9. The topological polar surface area (TPSA) is 179 Å². The van der Waals surface area contributed by atoms with E-state index < -0.39 is 35.3 Å². The molecule has 3 aromatic rings. The quantitative estimate of drug-likeness (QED) is 0.211. The highest BCUT2D eigenvalue weighted by Gasteiger charge is 2.47. The lowest BCUT2D eigenvalue weighted by atomic mass is 10.0. The summed E-state index contributed by atoms with van der Waals surface area (Å²) in [5.41, 5.74) is -0.165. The van der Waals surface area contributed by atoms with Crippen LogP contribution in [-0.4, -0.2) is 69.9 Å². The van der Waals surface area contributed by atoms with Gasteiger partial charge in [-0.1, -0.05) is 6.07 Å². The number of fused-ring (bicyclic) bond motifs is 9. The maximum Gasteiger partial charge on any atom is 0.322 e. The summed E-state index contributed by atoms with van der Waals surface area (Å²) in [4.78, 5) is 61.7. The first-order valence-corrected chi connectivity index (χ1v) is 14.1. The normalized spacial score (nSPS) is 22.1. The van der Waals surface area contributed by atoms with Crippen LogP contribution >= 0.6 is 0 Å². The summed E-state index contributed by atoms with van der Waals surface area (Å²) in [6, 6.07) is 10.4. The first-order valence-electron chi connectivity index (χ1n) is 14.1. The standard InChI is InChI=1S/C29H30FN9O5/c1-29-25(41)32-11-4-10-31-24(40)21-7-3-12-39(21)28(43)36-17-6-2-5-16(13-17)35-27-33-15-19(30)23(38-27)34-18-8-9-22(44-29)20(14-18)37-26(29)42/h2,5-6,8-9,13-15,21H,3-4,7,10-12H2,1H3,(H,31,40)(H,32,41)(H,36,43)(H,37,42)(H2,33,34,35,38)/t21-,29?/m1/s1. The van der Waals surface area contributed by atoms with E-state index in [4.69, 9.17) is 4.74 Å². The maximum atomic E-state index is 14.7. The molecular formula is C29H30FN9O5. The van der Waals surface area contributed by atoms with E-state index in [2.05, 4.69) is 41.9 Å². The number of carbonyl (C=O) groups excluding carboxylic acids is 4. The van der Waals surface area contributed by atoms with Crippen molar-refractivity contribution in [2.45, 2.75) is 37.8 Å². The molecule has 5 heterocycles. The smallest absolute Gasteiger partial charge is 0.322 e. The van der Waals surface area contributed by atoms with E-state index in [0.29, 0.717) is 42.9 Å². The number of ether oxygens (including phenoxy) is 1. The van der Waals surface area contributed by atoms with Crippen LogP contribution in [0.2, 0.25) is 0 Å². The molecule has 2 aromatic carbocycles. The third kappa shape index (κ3) is 5.75. The summed E-state index contributed by atoms with van der Waals surface area (Å²) in [7, 11) is 0. The summed E-state index contributed by atoms with van der Waals surface area (Å²) < 4.78 is 20.5. The lowest BCUT2D eigenvalue weighted by Gasteiger charge is -2.33. The lowest BCUT2D eigenvalue weighted by molar-refractivity contribution is -0.146. The molecular weight excluding hydrogens is 573 g/mol. The van der Waals surface area contributed by atoms with Crippen molar-refractivity contribution in [1.82, 2.24) is 25.5 Å². The van der Waals surface area contributed by atoms with Gasteiger partial charge in [0.15, 0.2) is 11.6 Å². The third-order valence-corrected chi connectivity index (χ3v) is 7.54. The van der Waals surface area contributed by atoms with E-state index in [1.165, 1.54) is 17.9 Å². The molecule has 6 N–H and O–H groups in total.